The molecule has 0 radical (unpaired) electrons. The van der Waals surface area contributed by atoms with Crippen molar-refractivity contribution in [3.05, 3.63) is 65.5 Å². The van der Waals surface area contributed by atoms with Crippen molar-refractivity contribution in [1.29, 1.82) is 0 Å². The number of likely N-dealkylation sites (N-methyl/N-ethyl adjacent to an activating group) is 1. The van der Waals surface area contributed by atoms with Gasteiger partial charge in [-0.2, -0.15) is 0 Å². The highest BCUT2D eigenvalue weighted by atomic mass is 15.3. The summed E-state index contributed by atoms with van der Waals surface area (Å²) in [4.78, 5) is 24.3. The van der Waals surface area contributed by atoms with E-state index in [2.05, 4.69) is 88.5 Å². The molecular formula is C29H40N8. The predicted molar refractivity (Wildman–Crippen MR) is 151 cm³/mol. The summed E-state index contributed by atoms with van der Waals surface area (Å²) in [6.07, 6.45) is 3.93. The summed E-state index contributed by atoms with van der Waals surface area (Å²) in [6.45, 7) is 8.91. The molecule has 2 aliphatic rings. The van der Waals surface area contributed by atoms with Gasteiger partial charge in [-0.25, -0.2) is 15.0 Å². The lowest BCUT2D eigenvalue weighted by molar-refractivity contribution is 0.243. The fourth-order valence-electron chi connectivity index (χ4n) is 5.06. The first kappa shape index (κ1) is 25.6. The lowest BCUT2D eigenvalue weighted by Crippen LogP contribution is -2.44. The molecule has 196 valence electrons. The fraction of sp³-hybridized carbons (Fsp3) is 0.483. The first-order chi connectivity index (χ1) is 18.0. The van der Waals surface area contributed by atoms with Crippen LogP contribution in [0.25, 0.3) is 11.4 Å². The van der Waals surface area contributed by atoms with Crippen LogP contribution in [-0.2, 0) is 19.5 Å². The molecule has 3 aromatic rings. The van der Waals surface area contributed by atoms with Crippen molar-refractivity contribution in [2.75, 3.05) is 77.2 Å². The van der Waals surface area contributed by atoms with Gasteiger partial charge >= 0.3 is 0 Å². The van der Waals surface area contributed by atoms with Crippen LogP contribution < -0.4 is 10.2 Å². The van der Waals surface area contributed by atoms with Crippen molar-refractivity contribution < 1.29 is 0 Å². The molecular weight excluding hydrogens is 460 g/mol. The normalized spacial score (nSPS) is 16.7. The van der Waals surface area contributed by atoms with E-state index in [-0.39, 0.29) is 0 Å². The van der Waals surface area contributed by atoms with E-state index in [1.54, 1.807) is 0 Å². The summed E-state index contributed by atoms with van der Waals surface area (Å²) in [5.41, 5.74) is 4.71. The molecule has 2 aliphatic heterocycles. The third-order valence-electron chi connectivity index (χ3n) is 7.30. The number of benzene rings is 1. The van der Waals surface area contributed by atoms with E-state index >= 15 is 0 Å². The highest BCUT2D eigenvalue weighted by molar-refractivity contribution is 5.61. The van der Waals surface area contributed by atoms with Gasteiger partial charge in [-0.3, -0.25) is 4.90 Å². The van der Waals surface area contributed by atoms with Crippen LogP contribution in [0.4, 0.5) is 11.6 Å². The van der Waals surface area contributed by atoms with Crippen molar-refractivity contribution in [3.63, 3.8) is 0 Å². The third-order valence-corrected chi connectivity index (χ3v) is 7.30. The topological polar surface area (TPSA) is 63.7 Å². The molecule has 0 atom stereocenters. The first-order valence-electron chi connectivity index (χ1n) is 13.5. The highest BCUT2D eigenvalue weighted by Crippen LogP contribution is 2.28. The minimum absolute atomic E-state index is 0.766. The number of aromatic nitrogens is 3. The molecule has 37 heavy (non-hydrogen) atoms. The molecule has 4 heterocycles. The monoisotopic (exact) mass is 500 g/mol. The number of nitrogens with zero attached hydrogens (tertiary/aromatic N) is 7. The second-order valence-electron chi connectivity index (χ2n) is 10.5. The maximum absolute atomic E-state index is 5.05. The molecule has 2 aromatic heterocycles. The Morgan fingerprint density at radius 1 is 0.946 bits per heavy atom. The van der Waals surface area contributed by atoms with Crippen LogP contribution in [0.15, 0.2) is 48.7 Å². The SMILES string of the molecule is CN(C)CCCNc1nc(-c2ccc(N3CCN(C)CC3)nc2)nc2c1CN(Cc1ccccc1)CC2. The van der Waals surface area contributed by atoms with E-state index in [0.717, 1.165) is 100 Å². The molecule has 8 nitrogen and oxygen atoms in total. The summed E-state index contributed by atoms with van der Waals surface area (Å²) >= 11 is 0. The van der Waals surface area contributed by atoms with Gasteiger partial charge in [0.2, 0.25) is 0 Å². The fourth-order valence-corrected chi connectivity index (χ4v) is 5.06. The standard InChI is InChI=1S/C29H40N8/c1-34(2)14-7-13-30-29-25-22-36(21-23-8-5-4-6-9-23)15-12-26(25)32-28(33-29)24-10-11-27(31-20-24)37-18-16-35(3)17-19-37/h4-6,8-11,20H,7,12-19,21-22H2,1-3H3,(H,30,32,33). The van der Waals surface area contributed by atoms with Crippen LogP contribution in [0.3, 0.4) is 0 Å². The number of piperazine rings is 1. The van der Waals surface area contributed by atoms with Crippen LogP contribution in [0.2, 0.25) is 0 Å². The lowest BCUT2D eigenvalue weighted by Gasteiger charge is -2.33. The molecule has 5 rings (SSSR count). The van der Waals surface area contributed by atoms with Gasteiger partial charge in [-0.05, 0) is 51.8 Å². The molecule has 1 fully saturated rings. The maximum Gasteiger partial charge on any atom is 0.163 e. The van der Waals surface area contributed by atoms with Crippen molar-refractivity contribution in [2.45, 2.75) is 25.9 Å². The van der Waals surface area contributed by atoms with Gasteiger partial charge in [-0.15, -0.1) is 0 Å². The zero-order chi connectivity index (χ0) is 25.6. The predicted octanol–water partition coefficient (Wildman–Crippen LogP) is 3.21. The van der Waals surface area contributed by atoms with Gasteiger partial charge in [0, 0.05) is 76.1 Å². The van der Waals surface area contributed by atoms with E-state index in [1.165, 1.54) is 11.1 Å². The van der Waals surface area contributed by atoms with E-state index in [9.17, 15) is 0 Å². The first-order valence-corrected chi connectivity index (χ1v) is 13.5. The Kier molecular flexibility index (Phi) is 8.28. The second-order valence-corrected chi connectivity index (χ2v) is 10.5. The zero-order valence-corrected chi connectivity index (χ0v) is 22.5. The largest absolute Gasteiger partial charge is 0.370 e. The lowest BCUT2D eigenvalue weighted by atomic mass is 10.0. The van der Waals surface area contributed by atoms with E-state index in [1.807, 2.05) is 6.20 Å². The molecule has 1 N–H and O–H groups in total. The van der Waals surface area contributed by atoms with E-state index in [4.69, 9.17) is 15.0 Å². The quantitative estimate of drug-likeness (QED) is 0.450. The minimum atomic E-state index is 0.766. The Morgan fingerprint density at radius 2 is 1.76 bits per heavy atom. The molecule has 0 amide bonds. The van der Waals surface area contributed by atoms with Gasteiger partial charge in [-0.1, -0.05) is 30.3 Å². The molecule has 0 aliphatic carbocycles. The van der Waals surface area contributed by atoms with Gasteiger partial charge in [0.15, 0.2) is 5.82 Å². The van der Waals surface area contributed by atoms with E-state index in [0.29, 0.717) is 0 Å². The van der Waals surface area contributed by atoms with Crippen LogP contribution in [0, 0.1) is 0 Å². The molecule has 1 aromatic carbocycles. The number of hydrogen-bond donors (Lipinski definition) is 1. The van der Waals surface area contributed by atoms with Crippen molar-refractivity contribution in [3.8, 4) is 11.4 Å². The molecule has 0 bridgehead atoms. The van der Waals surface area contributed by atoms with Crippen LogP contribution in [-0.4, -0.2) is 96.6 Å². The number of nitrogens with one attached hydrogen (secondary N) is 1. The van der Waals surface area contributed by atoms with Crippen LogP contribution in [0.5, 0.6) is 0 Å². The molecule has 0 saturated carbocycles. The summed E-state index contributed by atoms with van der Waals surface area (Å²) in [6, 6.07) is 15.0. The molecule has 0 unspecified atom stereocenters. The van der Waals surface area contributed by atoms with Crippen molar-refractivity contribution in [2.24, 2.45) is 0 Å². The third kappa shape index (κ3) is 6.63. The number of pyridine rings is 1. The summed E-state index contributed by atoms with van der Waals surface area (Å²) in [7, 11) is 6.41. The van der Waals surface area contributed by atoms with Gasteiger partial charge in [0.25, 0.3) is 0 Å². The van der Waals surface area contributed by atoms with Gasteiger partial charge in [0.1, 0.15) is 11.6 Å². The zero-order valence-electron chi connectivity index (χ0n) is 22.5. The van der Waals surface area contributed by atoms with Crippen LogP contribution >= 0.6 is 0 Å². The Morgan fingerprint density at radius 3 is 2.49 bits per heavy atom. The summed E-state index contributed by atoms with van der Waals surface area (Å²) in [5, 5.41) is 3.65. The second kappa shape index (κ2) is 12.0. The van der Waals surface area contributed by atoms with Crippen LogP contribution in [0.1, 0.15) is 23.2 Å². The smallest absolute Gasteiger partial charge is 0.163 e. The Hall–Kier alpha value is -3.07. The summed E-state index contributed by atoms with van der Waals surface area (Å²) < 4.78 is 0. The van der Waals surface area contributed by atoms with Crippen molar-refractivity contribution >= 4 is 11.6 Å². The molecule has 1 saturated heterocycles. The van der Waals surface area contributed by atoms with Crippen molar-refractivity contribution in [1.82, 2.24) is 29.7 Å². The number of hydrogen-bond acceptors (Lipinski definition) is 8. The average Bonchev–Trinajstić information content (AvgIpc) is 2.92. The Labute approximate surface area is 221 Å². The highest BCUT2D eigenvalue weighted by Gasteiger charge is 2.23. The number of fused-ring (bicyclic) bond motifs is 1. The van der Waals surface area contributed by atoms with Gasteiger partial charge < -0.3 is 20.0 Å². The average molecular weight is 501 g/mol. The Balaban J connectivity index is 1.36. The van der Waals surface area contributed by atoms with E-state index < -0.39 is 0 Å². The van der Waals surface area contributed by atoms with Gasteiger partial charge in [0.05, 0.1) is 5.69 Å². The number of rotatable bonds is 9. The number of anilines is 2. The summed E-state index contributed by atoms with van der Waals surface area (Å²) in [5.74, 6) is 2.77. The Bertz CT molecular complexity index is 1140. The minimum Gasteiger partial charge on any atom is -0.370 e. The molecule has 0 spiro atoms. The maximum atomic E-state index is 5.05. The molecule has 8 heteroatoms.